The molecule has 0 unspecified atom stereocenters. The highest BCUT2D eigenvalue weighted by Gasteiger charge is 2.32. The summed E-state index contributed by atoms with van der Waals surface area (Å²) in [5, 5.41) is 3.27. The van der Waals surface area contributed by atoms with Gasteiger partial charge in [0, 0.05) is 17.6 Å². The quantitative estimate of drug-likeness (QED) is 0.324. The number of amides is 2. The summed E-state index contributed by atoms with van der Waals surface area (Å²) in [7, 11) is -4.13. The average Bonchev–Trinajstić information content (AvgIpc) is 2.92. The van der Waals surface area contributed by atoms with E-state index in [1.807, 2.05) is 51.1 Å². The fourth-order valence-electron chi connectivity index (χ4n) is 4.03. The van der Waals surface area contributed by atoms with Gasteiger partial charge >= 0.3 is 0 Å². The molecule has 0 bridgehead atoms. The number of anilines is 1. The Balaban J connectivity index is 1.97. The van der Waals surface area contributed by atoms with Gasteiger partial charge in [0.1, 0.15) is 12.6 Å². The molecule has 3 aromatic carbocycles. The van der Waals surface area contributed by atoms with Gasteiger partial charge in [0.15, 0.2) is 0 Å². The number of hydrogen-bond acceptors (Lipinski definition) is 4. The van der Waals surface area contributed by atoms with Crippen molar-refractivity contribution in [1.82, 2.24) is 10.2 Å². The van der Waals surface area contributed by atoms with Crippen LogP contribution in [0.25, 0.3) is 0 Å². The maximum Gasteiger partial charge on any atom is 0.264 e. The standard InChI is InChI=1S/C30H36ClN3O4S/c1-5-23(3)32-30(36)24(4)33(19-18-25-10-7-6-8-11-25)29(35)21-34(27-13-9-12-26(31)20-27)39(37,38)28-16-14-22(2)15-17-28/h6-17,20,23-24H,5,18-19,21H2,1-4H3,(H,32,36)/t23-,24-/m0/s1. The van der Waals surface area contributed by atoms with Gasteiger partial charge in [-0.25, -0.2) is 8.42 Å². The molecule has 0 saturated heterocycles. The first kappa shape index (κ1) is 30.2. The second-order valence-corrected chi connectivity index (χ2v) is 11.9. The van der Waals surface area contributed by atoms with Crippen LogP contribution in [0.5, 0.6) is 0 Å². The molecule has 0 heterocycles. The van der Waals surface area contributed by atoms with Gasteiger partial charge in [0.05, 0.1) is 10.6 Å². The molecule has 0 aliphatic heterocycles. The van der Waals surface area contributed by atoms with Crippen molar-refractivity contribution in [2.24, 2.45) is 0 Å². The molecule has 3 rings (SSSR count). The molecule has 0 aromatic heterocycles. The lowest BCUT2D eigenvalue weighted by molar-refractivity contribution is -0.139. The molecule has 0 saturated carbocycles. The van der Waals surface area contributed by atoms with Crippen LogP contribution in [0.2, 0.25) is 5.02 Å². The predicted molar refractivity (Wildman–Crippen MR) is 156 cm³/mol. The number of aryl methyl sites for hydroxylation is 1. The third-order valence-corrected chi connectivity index (χ3v) is 8.66. The molecule has 0 fully saturated rings. The zero-order valence-electron chi connectivity index (χ0n) is 22.8. The normalized spacial score (nSPS) is 12.8. The van der Waals surface area contributed by atoms with E-state index in [0.29, 0.717) is 11.4 Å². The first-order valence-corrected chi connectivity index (χ1v) is 14.8. The zero-order valence-corrected chi connectivity index (χ0v) is 24.4. The number of sulfonamides is 1. The number of carbonyl (C=O) groups excluding carboxylic acids is 2. The summed E-state index contributed by atoms with van der Waals surface area (Å²) in [5.74, 6) is -0.783. The summed E-state index contributed by atoms with van der Waals surface area (Å²) in [5.41, 5.74) is 2.17. The van der Waals surface area contributed by atoms with Crippen LogP contribution in [0, 0.1) is 6.92 Å². The number of halogens is 1. The third kappa shape index (κ3) is 8.07. The highest BCUT2D eigenvalue weighted by atomic mass is 35.5. The van der Waals surface area contributed by atoms with E-state index in [1.165, 1.54) is 23.1 Å². The van der Waals surface area contributed by atoms with Gasteiger partial charge in [-0.15, -0.1) is 0 Å². The van der Waals surface area contributed by atoms with Crippen molar-refractivity contribution in [1.29, 1.82) is 0 Å². The summed E-state index contributed by atoms with van der Waals surface area (Å²) in [6.45, 7) is 7.14. The number of carbonyl (C=O) groups is 2. The molecule has 2 amide bonds. The van der Waals surface area contributed by atoms with E-state index in [9.17, 15) is 18.0 Å². The fourth-order valence-corrected chi connectivity index (χ4v) is 5.62. The topological polar surface area (TPSA) is 86.8 Å². The van der Waals surface area contributed by atoms with Crippen LogP contribution in [0.15, 0.2) is 83.8 Å². The average molecular weight is 570 g/mol. The Hall–Kier alpha value is -3.36. The van der Waals surface area contributed by atoms with E-state index in [1.54, 1.807) is 37.3 Å². The molecule has 0 radical (unpaired) electrons. The van der Waals surface area contributed by atoms with E-state index in [-0.39, 0.29) is 29.1 Å². The molecular formula is C30H36ClN3O4S. The Kier molecular flexibility index (Phi) is 10.5. The molecule has 7 nitrogen and oxygen atoms in total. The second-order valence-electron chi connectivity index (χ2n) is 9.62. The van der Waals surface area contributed by atoms with Crippen molar-refractivity contribution < 1.29 is 18.0 Å². The van der Waals surface area contributed by atoms with Gasteiger partial charge < -0.3 is 10.2 Å². The van der Waals surface area contributed by atoms with E-state index in [0.717, 1.165) is 21.9 Å². The minimum absolute atomic E-state index is 0.0549. The minimum Gasteiger partial charge on any atom is -0.352 e. The van der Waals surface area contributed by atoms with Crippen molar-refractivity contribution >= 4 is 39.1 Å². The molecule has 1 N–H and O–H groups in total. The van der Waals surface area contributed by atoms with Crippen LogP contribution in [0.4, 0.5) is 5.69 Å². The number of nitrogens with one attached hydrogen (secondary N) is 1. The summed E-state index contributed by atoms with van der Waals surface area (Å²) >= 11 is 6.21. The minimum atomic E-state index is -4.13. The number of benzene rings is 3. The summed E-state index contributed by atoms with van der Waals surface area (Å²) in [6, 6.07) is 21.6. The van der Waals surface area contributed by atoms with Crippen molar-refractivity contribution in [2.75, 3.05) is 17.4 Å². The molecular weight excluding hydrogens is 534 g/mol. The lowest BCUT2D eigenvalue weighted by atomic mass is 10.1. The molecule has 0 spiro atoms. The Morgan fingerprint density at radius 3 is 2.23 bits per heavy atom. The molecule has 39 heavy (non-hydrogen) atoms. The Labute approximate surface area is 236 Å². The van der Waals surface area contributed by atoms with Gasteiger partial charge in [-0.3, -0.25) is 13.9 Å². The van der Waals surface area contributed by atoms with Crippen molar-refractivity contribution in [2.45, 2.75) is 57.5 Å². The Morgan fingerprint density at radius 2 is 1.62 bits per heavy atom. The van der Waals surface area contributed by atoms with Gasteiger partial charge in [0.25, 0.3) is 10.0 Å². The Bertz CT molecular complexity index is 1360. The SMILES string of the molecule is CC[C@H](C)NC(=O)[C@H](C)N(CCc1ccccc1)C(=O)CN(c1cccc(Cl)c1)S(=O)(=O)c1ccc(C)cc1. The van der Waals surface area contributed by atoms with Crippen LogP contribution in [-0.4, -0.2) is 50.3 Å². The number of nitrogens with zero attached hydrogens (tertiary/aromatic N) is 2. The van der Waals surface area contributed by atoms with Crippen LogP contribution in [-0.2, 0) is 26.0 Å². The van der Waals surface area contributed by atoms with E-state index >= 15 is 0 Å². The number of rotatable bonds is 12. The summed E-state index contributed by atoms with van der Waals surface area (Å²) in [4.78, 5) is 28.4. The van der Waals surface area contributed by atoms with Crippen LogP contribution in [0.1, 0.15) is 38.3 Å². The van der Waals surface area contributed by atoms with E-state index in [4.69, 9.17) is 11.6 Å². The second kappa shape index (κ2) is 13.6. The first-order valence-electron chi connectivity index (χ1n) is 13.0. The molecule has 9 heteroatoms. The van der Waals surface area contributed by atoms with E-state index < -0.39 is 28.5 Å². The van der Waals surface area contributed by atoms with Crippen molar-refractivity contribution in [3.63, 3.8) is 0 Å². The zero-order chi connectivity index (χ0) is 28.6. The van der Waals surface area contributed by atoms with Crippen molar-refractivity contribution in [3.8, 4) is 0 Å². The van der Waals surface area contributed by atoms with Gasteiger partial charge in [-0.1, -0.05) is 72.6 Å². The molecule has 3 aromatic rings. The first-order chi connectivity index (χ1) is 18.5. The fraction of sp³-hybridized carbons (Fsp3) is 0.333. The lowest BCUT2D eigenvalue weighted by Gasteiger charge is -2.32. The molecule has 0 aliphatic rings. The number of hydrogen-bond donors (Lipinski definition) is 1. The molecule has 0 aliphatic carbocycles. The monoisotopic (exact) mass is 569 g/mol. The van der Waals surface area contributed by atoms with Crippen LogP contribution >= 0.6 is 11.6 Å². The maximum atomic E-state index is 13.9. The van der Waals surface area contributed by atoms with Gasteiger partial charge in [0.2, 0.25) is 11.8 Å². The highest BCUT2D eigenvalue weighted by molar-refractivity contribution is 7.92. The third-order valence-electron chi connectivity index (χ3n) is 6.64. The maximum absolute atomic E-state index is 13.9. The molecule has 2 atom stereocenters. The van der Waals surface area contributed by atoms with Crippen LogP contribution in [0.3, 0.4) is 0 Å². The highest BCUT2D eigenvalue weighted by Crippen LogP contribution is 2.27. The van der Waals surface area contributed by atoms with Gasteiger partial charge in [-0.2, -0.15) is 0 Å². The Morgan fingerprint density at radius 1 is 0.949 bits per heavy atom. The van der Waals surface area contributed by atoms with Gasteiger partial charge in [-0.05, 0) is 69.5 Å². The summed E-state index contributed by atoms with van der Waals surface area (Å²) in [6.07, 6.45) is 1.25. The van der Waals surface area contributed by atoms with E-state index in [2.05, 4.69) is 5.32 Å². The predicted octanol–water partition coefficient (Wildman–Crippen LogP) is 5.22. The lowest BCUT2D eigenvalue weighted by Crippen LogP contribution is -2.53. The largest absolute Gasteiger partial charge is 0.352 e. The molecule has 208 valence electrons. The summed E-state index contributed by atoms with van der Waals surface area (Å²) < 4.78 is 28.7. The smallest absolute Gasteiger partial charge is 0.264 e. The van der Waals surface area contributed by atoms with Crippen LogP contribution < -0.4 is 9.62 Å². The van der Waals surface area contributed by atoms with Crippen molar-refractivity contribution in [3.05, 3.63) is 95.0 Å².